The summed E-state index contributed by atoms with van der Waals surface area (Å²) in [5, 5.41) is 8.60. The summed E-state index contributed by atoms with van der Waals surface area (Å²) in [5.41, 5.74) is 0.597. The van der Waals surface area contributed by atoms with E-state index in [0.717, 1.165) is 0 Å². The zero-order valence-electron chi connectivity index (χ0n) is 6.48. The van der Waals surface area contributed by atoms with Crippen LogP contribution in [0, 0.1) is 0 Å². The maximum absolute atomic E-state index is 10.5. The second-order valence-corrected chi connectivity index (χ2v) is 2.52. The molecule has 1 heterocycles. The van der Waals surface area contributed by atoms with Crippen LogP contribution in [0.2, 0.25) is 0 Å². The number of hydrogen-bond donors (Lipinski definition) is 1. The van der Waals surface area contributed by atoms with Gasteiger partial charge in [0, 0.05) is 13.2 Å². The zero-order valence-corrected chi connectivity index (χ0v) is 6.48. The first kappa shape index (κ1) is 7.78. The van der Waals surface area contributed by atoms with E-state index in [1.165, 1.54) is 0 Å². The Morgan fingerprint density at radius 3 is 2.82 bits per heavy atom. The number of rotatable bonds is 2. The van der Waals surface area contributed by atoms with Gasteiger partial charge in [0.05, 0.1) is 17.9 Å². The van der Waals surface area contributed by atoms with Gasteiger partial charge in [-0.15, -0.1) is 0 Å². The van der Waals surface area contributed by atoms with Gasteiger partial charge in [-0.05, 0) is 6.92 Å². The second kappa shape index (κ2) is 2.74. The first-order valence-corrected chi connectivity index (χ1v) is 3.32. The van der Waals surface area contributed by atoms with Gasteiger partial charge < -0.3 is 9.67 Å². The lowest BCUT2D eigenvalue weighted by atomic mass is 10.1. The van der Waals surface area contributed by atoms with Crippen LogP contribution in [-0.4, -0.2) is 20.6 Å². The lowest BCUT2D eigenvalue weighted by molar-refractivity contribution is -0.138. The topological polar surface area (TPSA) is 55.1 Å². The molecule has 0 radical (unpaired) electrons. The Morgan fingerprint density at radius 1 is 1.82 bits per heavy atom. The van der Waals surface area contributed by atoms with Gasteiger partial charge in [-0.1, -0.05) is 0 Å². The summed E-state index contributed by atoms with van der Waals surface area (Å²) >= 11 is 0. The summed E-state index contributed by atoms with van der Waals surface area (Å²) in [6, 6.07) is 0. The van der Waals surface area contributed by atoms with Gasteiger partial charge >= 0.3 is 5.97 Å². The van der Waals surface area contributed by atoms with Gasteiger partial charge in [0.25, 0.3) is 0 Å². The van der Waals surface area contributed by atoms with Gasteiger partial charge in [0.15, 0.2) is 0 Å². The molecule has 0 saturated carbocycles. The molecule has 11 heavy (non-hydrogen) atoms. The normalized spacial score (nSPS) is 12.9. The molecule has 1 aromatic rings. The van der Waals surface area contributed by atoms with Crippen molar-refractivity contribution in [1.82, 2.24) is 9.55 Å². The summed E-state index contributed by atoms with van der Waals surface area (Å²) in [7, 11) is 1.81. The molecule has 0 amide bonds. The van der Waals surface area contributed by atoms with Crippen LogP contribution in [0.5, 0.6) is 0 Å². The predicted molar refractivity (Wildman–Crippen MR) is 39.3 cm³/mol. The van der Waals surface area contributed by atoms with E-state index >= 15 is 0 Å². The number of carbonyl (C=O) groups is 1. The lowest BCUT2D eigenvalue weighted by Crippen LogP contribution is -2.07. The molecule has 1 unspecified atom stereocenters. The first-order chi connectivity index (χ1) is 5.11. The Kier molecular flexibility index (Phi) is 1.94. The number of aliphatic carboxylic acids is 1. The Balaban J connectivity index is 2.84. The van der Waals surface area contributed by atoms with Crippen LogP contribution >= 0.6 is 0 Å². The molecular weight excluding hydrogens is 144 g/mol. The highest BCUT2D eigenvalue weighted by Crippen LogP contribution is 2.11. The number of aromatic nitrogens is 2. The van der Waals surface area contributed by atoms with Crippen molar-refractivity contribution in [1.29, 1.82) is 0 Å². The quantitative estimate of drug-likeness (QED) is 0.679. The molecule has 60 valence electrons. The number of hydrogen-bond acceptors (Lipinski definition) is 2. The highest BCUT2D eigenvalue weighted by Gasteiger charge is 2.15. The fourth-order valence-electron chi connectivity index (χ4n) is 0.783. The third-order valence-electron chi connectivity index (χ3n) is 1.54. The van der Waals surface area contributed by atoms with Gasteiger partial charge in [0.1, 0.15) is 0 Å². The van der Waals surface area contributed by atoms with E-state index in [-0.39, 0.29) is 0 Å². The Morgan fingerprint density at radius 2 is 2.45 bits per heavy atom. The number of imidazole rings is 1. The molecule has 0 spiro atoms. The largest absolute Gasteiger partial charge is 0.481 e. The maximum atomic E-state index is 10.5. The van der Waals surface area contributed by atoms with Crippen molar-refractivity contribution < 1.29 is 9.90 Å². The van der Waals surface area contributed by atoms with Gasteiger partial charge in [-0.25, -0.2) is 4.98 Å². The number of carboxylic acids is 1. The first-order valence-electron chi connectivity index (χ1n) is 3.32. The molecule has 1 N–H and O–H groups in total. The number of carboxylic acid groups (broad SMARTS) is 1. The van der Waals surface area contributed by atoms with Crippen molar-refractivity contribution in [3.8, 4) is 0 Å². The summed E-state index contributed by atoms with van der Waals surface area (Å²) < 4.78 is 1.73. The van der Waals surface area contributed by atoms with E-state index < -0.39 is 11.9 Å². The van der Waals surface area contributed by atoms with Crippen molar-refractivity contribution in [2.75, 3.05) is 0 Å². The second-order valence-electron chi connectivity index (χ2n) is 2.52. The van der Waals surface area contributed by atoms with Gasteiger partial charge in [0.2, 0.25) is 0 Å². The van der Waals surface area contributed by atoms with Gasteiger partial charge in [-0.2, -0.15) is 0 Å². The van der Waals surface area contributed by atoms with Crippen LogP contribution in [0.15, 0.2) is 12.5 Å². The molecule has 4 heteroatoms. The summed E-state index contributed by atoms with van der Waals surface area (Å²) in [5.74, 6) is -1.36. The average Bonchev–Trinajstić information content (AvgIpc) is 2.34. The van der Waals surface area contributed by atoms with Crippen LogP contribution in [-0.2, 0) is 11.8 Å². The van der Waals surface area contributed by atoms with Crippen LogP contribution in [0.25, 0.3) is 0 Å². The van der Waals surface area contributed by atoms with E-state index in [9.17, 15) is 4.79 Å². The van der Waals surface area contributed by atoms with Crippen LogP contribution in [0.1, 0.15) is 18.5 Å². The third-order valence-corrected chi connectivity index (χ3v) is 1.54. The molecule has 0 aliphatic heterocycles. The smallest absolute Gasteiger partial charge is 0.312 e. The predicted octanol–water partition coefficient (Wildman–Crippen LogP) is 0.608. The van der Waals surface area contributed by atoms with Crippen LogP contribution in [0.4, 0.5) is 0 Å². The summed E-state index contributed by atoms with van der Waals surface area (Å²) in [6.07, 6.45) is 3.30. The van der Waals surface area contributed by atoms with Gasteiger partial charge in [-0.3, -0.25) is 4.79 Å². The van der Waals surface area contributed by atoms with Crippen molar-refractivity contribution in [3.63, 3.8) is 0 Å². The zero-order chi connectivity index (χ0) is 8.43. The average molecular weight is 154 g/mol. The van der Waals surface area contributed by atoms with E-state index in [1.54, 1.807) is 24.0 Å². The Bertz CT molecular complexity index is 267. The molecule has 1 aromatic heterocycles. The van der Waals surface area contributed by atoms with E-state index in [1.807, 2.05) is 7.05 Å². The number of nitrogens with zero attached hydrogens (tertiary/aromatic N) is 2. The minimum Gasteiger partial charge on any atom is -0.481 e. The maximum Gasteiger partial charge on any atom is 0.312 e. The van der Waals surface area contributed by atoms with E-state index in [4.69, 9.17) is 5.11 Å². The van der Waals surface area contributed by atoms with Crippen molar-refractivity contribution in [2.24, 2.45) is 7.05 Å². The minimum absolute atomic E-state index is 0.517. The van der Waals surface area contributed by atoms with Crippen LogP contribution < -0.4 is 0 Å². The minimum atomic E-state index is -0.844. The summed E-state index contributed by atoms with van der Waals surface area (Å²) in [4.78, 5) is 14.4. The number of aryl methyl sites for hydroxylation is 1. The van der Waals surface area contributed by atoms with E-state index in [0.29, 0.717) is 5.69 Å². The highest BCUT2D eigenvalue weighted by atomic mass is 16.4. The molecule has 0 aliphatic carbocycles. The third kappa shape index (κ3) is 1.58. The Labute approximate surface area is 64.5 Å². The monoisotopic (exact) mass is 154 g/mol. The Hall–Kier alpha value is -1.32. The lowest BCUT2D eigenvalue weighted by Gasteiger charge is -1.99. The molecule has 0 fully saturated rings. The van der Waals surface area contributed by atoms with Crippen molar-refractivity contribution in [3.05, 3.63) is 18.2 Å². The highest BCUT2D eigenvalue weighted by molar-refractivity contribution is 5.74. The molecule has 1 atom stereocenters. The fraction of sp³-hybridized carbons (Fsp3) is 0.429. The standard InChI is InChI=1S/C7H10N2O2/c1-5(7(10)11)6-3-9(2)4-8-6/h3-5H,1-2H3,(H,10,11). The molecule has 4 nitrogen and oxygen atoms in total. The SMILES string of the molecule is CC(C(=O)O)c1cn(C)cn1. The fourth-order valence-corrected chi connectivity index (χ4v) is 0.783. The van der Waals surface area contributed by atoms with Crippen LogP contribution in [0.3, 0.4) is 0 Å². The van der Waals surface area contributed by atoms with Crippen molar-refractivity contribution >= 4 is 5.97 Å². The molecule has 0 bridgehead atoms. The van der Waals surface area contributed by atoms with E-state index in [2.05, 4.69) is 4.98 Å². The molecular formula is C7H10N2O2. The molecule has 1 rings (SSSR count). The molecule has 0 saturated heterocycles. The molecule has 0 aromatic carbocycles. The summed E-state index contributed by atoms with van der Waals surface area (Å²) in [6.45, 7) is 1.62. The van der Waals surface area contributed by atoms with Crippen molar-refractivity contribution in [2.45, 2.75) is 12.8 Å². The molecule has 0 aliphatic rings.